The van der Waals surface area contributed by atoms with Gasteiger partial charge in [-0.15, -0.1) is 6.58 Å². The van der Waals surface area contributed by atoms with E-state index in [4.69, 9.17) is 0 Å². The average molecular weight is 399 g/mol. The number of aromatic hydroxyl groups is 1. The zero-order valence-corrected chi connectivity index (χ0v) is 15.4. The Morgan fingerprint density at radius 3 is 2.62 bits per heavy atom. The van der Waals surface area contributed by atoms with E-state index in [-0.39, 0.29) is 29.9 Å². The highest BCUT2D eigenvalue weighted by Gasteiger charge is 2.34. The van der Waals surface area contributed by atoms with Crippen LogP contribution in [0.4, 0.5) is 5.69 Å². The molecule has 2 aromatic rings. The normalized spacial score (nSPS) is 15.8. The van der Waals surface area contributed by atoms with Crippen LogP contribution in [0.2, 0.25) is 0 Å². The zero-order chi connectivity index (χ0) is 21.3. The predicted molar refractivity (Wildman–Crippen MR) is 103 cm³/mol. The molecule has 1 aromatic carbocycles. The number of hydrogen-bond acceptors (Lipinski definition) is 7. The fourth-order valence-corrected chi connectivity index (χ4v) is 3.15. The number of amides is 1. The molecule has 0 fully saturated rings. The van der Waals surface area contributed by atoms with Gasteiger partial charge in [0, 0.05) is 32.0 Å². The van der Waals surface area contributed by atoms with Gasteiger partial charge < -0.3 is 5.11 Å². The lowest BCUT2D eigenvalue weighted by Gasteiger charge is -2.20. The molecular formula is C18H17N5O6. The van der Waals surface area contributed by atoms with Gasteiger partial charge in [-0.25, -0.2) is 9.80 Å². The molecule has 0 radical (unpaired) electrons. The minimum absolute atomic E-state index is 0.0378. The highest BCUT2D eigenvalue weighted by Crippen LogP contribution is 2.34. The molecule has 2 heterocycles. The lowest BCUT2D eigenvalue weighted by Crippen LogP contribution is -2.33. The van der Waals surface area contributed by atoms with E-state index in [0.717, 1.165) is 9.58 Å². The number of aromatic amines is 1. The molecule has 0 saturated carbocycles. The fraction of sp³-hybridized carbons (Fsp3) is 0.222. The summed E-state index contributed by atoms with van der Waals surface area (Å²) in [6, 6.07) is 4.99. The van der Waals surface area contributed by atoms with Crippen LogP contribution in [0.5, 0.6) is 5.88 Å². The first-order chi connectivity index (χ1) is 13.7. The Morgan fingerprint density at radius 2 is 2.07 bits per heavy atom. The van der Waals surface area contributed by atoms with Gasteiger partial charge in [-0.05, 0) is 5.56 Å². The van der Waals surface area contributed by atoms with E-state index in [1.807, 2.05) is 0 Å². The van der Waals surface area contributed by atoms with Gasteiger partial charge in [0.25, 0.3) is 11.2 Å². The van der Waals surface area contributed by atoms with E-state index in [1.54, 1.807) is 0 Å². The lowest BCUT2D eigenvalue weighted by molar-refractivity contribution is -0.384. The molecule has 0 spiro atoms. The van der Waals surface area contributed by atoms with E-state index in [1.165, 1.54) is 37.3 Å². The van der Waals surface area contributed by atoms with E-state index < -0.39 is 34.0 Å². The molecule has 0 aliphatic carbocycles. The highest BCUT2D eigenvalue weighted by molar-refractivity contribution is 6.04. The van der Waals surface area contributed by atoms with Crippen LogP contribution < -0.4 is 11.2 Å². The maximum atomic E-state index is 12.3. The molecule has 1 aliphatic heterocycles. The molecule has 11 heteroatoms. The van der Waals surface area contributed by atoms with Gasteiger partial charge in [0.05, 0.1) is 16.7 Å². The predicted octanol–water partition coefficient (Wildman–Crippen LogP) is 1.03. The van der Waals surface area contributed by atoms with Crippen LogP contribution in [0.25, 0.3) is 0 Å². The first kappa shape index (κ1) is 19.7. The van der Waals surface area contributed by atoms with E-state index in [0.29, 0.717) is 5.56 Å². The van der Waals surface area contributed by atoms with Crippen molar-refractivity contribution in [2.75, 3.05) is 0 Å². The average Bonchev–Trinajstić information content (AvgIpc) is 3.10. The van der Waals surface area contributed by atoms with Crippen molar-refractivity contribution in [3.8, 4) is 5.88 Å². The number of rotatable bonds is 5. The molecule has 11 nitrogen and oxygen atoms in total. The summed E-state index contributed by atoms with van der Waals surface area (Å²) in [7, 11) is 0. The number of nitrogens with zero attached hydrogens (tertiary/aromatic N) is 4. The van der Waals surface area contributed by atoms with Crippen molar-refractivity contribution in [1.82, 2.24) is 14.6 Å². The van der Waals surface area contributed by atoms with Crippen molar-refractivity contribution in [2.45, 2.75) is 25.9 Å². The van der Waals surface area contributed by atoms with Gasteiger partial charge in [-0.3, -0.25) is 29.3 Å². The second kappa shape index (κ2) is 7.54. The minimum atomic E-state index is -0.834. The van der Waals surface area contributed by atoms with Crippen molar-refractivity contribution >= 4 is 17.3 Å². The number of allylic oxidation sites excluding steroid dienone is 1. The number of carbonyl (C=O) groups is 1. The van der Waals surface area contributed by atoms with Crippen LogP contribution in [0.3, 0.4) is 0 Å². The molecule has 3 rings (SSSR count). The Morgan fingerprint density at radius 1 is 1.41 bits per heavy atom. The standard InChI is InChI=1S/C18H17N5O6/c1-3-8-21-17(26)15(16(25)19-18(21)27)13-9-14(22(20-13)10(2)24)11-4-6-12(7-5-11)23(28)29/h3-7,14,26H,1,8-9H2,2H3,(H,19,25,27)/t14-/m1/s1. The van der Waals surface area contributed by atoms with Gasteiger partial charge in [0.1, 0.15) is 5.56 Å². The summed E-state index contributed by atoms with van der Waals surface area (Å²) in [5.41, 5.74) is -1.28. The second-order valence-electron chi connectivity index (χ2n) is 6.34. The van der Waals surface area contributed by atoms with Gasteiger partial charge in [-0.2, -0.15) is 5.10 Å². The summed E-state index contributed by atoms with van der Waals surface area (Å²) < 4.78 is 0.920. The molecule has 1 amide bonds. The Balaban J connectivity index is 2.06. The first-order valence-electron chi connectivity index (χ1n) is 8.53. The minimum Gasteiger partial charge on any atom is -0.494 e. The maximum Gasteiger partial charge on any atom is 0.331 e. The van der Waals surface area contributed by atoms with Gasteiger partial charge in [0.15, 0.2) is 0 Å². The lowest BCUT2D eigenvalue weighted by atomic mass is 9.99. The van der Waals surface area contributed by atoms with Crippen LogP contribution >= 0.6 is 0 Å². The third-order valence-corrected chi connectivity index (χ3v) is 4.49. The third-order valence-electron chi connectivity index (χ3n) is 4.49. The van der Waals surface area contributed by atoms with Gasteiger partial charge in [-0.1, -0.05) is 18.2 Å². The smallest absolute Gasteiger partial charge is 0.331 e. The summed E-state index contributed by atoms with van der Waals surface area (Å²) in [6.07, 6.45) is 1.45. The van der Waals surface area contributed by atoms with Crippen molar-refractivity contribution in [3.63, 3.8) is 0 Å². The molecule has 150 valence electrons. The monoisotopic (exact) mass is 399 g/mol. The van der Waals surface area contributed by atoms with Crippen LogP contribution in [0.1, 0.15) is 30.5 Å². The molecular weight excluding hydrogens is 382 g/mol. The third kappa shape index (κ3) is 3.57. The number of hydrogen-bond donors (Lipinski definition) is 2. The van der Waals surface area contributed by atoms with Crippen molar-refractivity contribution in [2.24, 2.45) is 5.10 Å². The largest absolute Gasteiger partial charge is 0.494 e. The van der Waals surface area contributed by atoms with E-state index >= 15 is 0 Å². The molecule has 0 unspecified atom stereocenters. The number of nitro groups is 1. The number of carbonyl (C=O) groups excluding carboxylic acids is 1. The zero-order valence-electron chi connectivity index (χ0n) is 15.4. The van der Waals surface area contributed by atoms with Crippen LogP contribution in [0.15, 0.2) is 51.6 Å². The Bertz CT molecular complexity index is 1140. The Labute approximate surface area is 163 Å². The number of nitro benzene ring substituents is 1. The van der Waals surface area contributed by atoms with Crippen molar-refractivity contribution in [3.05, 3.63) is 79.0 Å². The van der Waals surface area contributed by atoms with Crippen molar-refractivity contribution in [1.29, 1.82) is 0 Å². The molecule has 29 heavy (non-hydrogen) atoms. The first-order valence-corrected chi connectivity index (χ1v) is 8.53. The number of benzene rings is 1. The van der Waals surface area contributed by atoms with E-state index in [2.05, 4.69) is 16.7 Å². The summed E-state index contributed by atoms with van der Waals surface area (Å²) in [5.74, 6) is -0.996. The summed E-state index contributed by atoms with van der Waals surface area (Å²) in [6.45, 7) is 4.75. The topological polar surface area (TPSA) is 151 Å². The fourth-order valence-electron chi connectivity index (χ4n) is 3.15. The molecule has 1 aliphatic rings. The molecule has 0 bridgehead atoms. The van der Waals surface area contributed by atoms with E-state index in [9.17, 15) is 29.6 Å². The number of H-pyrrole nitrogens is 1. The van der Waals surface area contributed by atoms with Gasteiger partial charge >= 0.3 is 5.69 Å². The van der Waals surface area contributed by atoms with Crippen LogP contribution in [0, 0.1) is 10.1 Å². The molecule has 0 saturated heterocycles. The van der Waals surface area contributed by atoms with Crippen molar-refractivity contribution < 1.29 is 14.8 Å². The number of nitrogens with one attached hydrogen (secondary N) is 1. The SMILES string of the molecule is C=CCn1c(O)c(C2=NN(C(C)=O)[C@@H](c3ccc([N+](=O)[O-])cc3)C2)c(=O)[nH]c1=O. The van der Waals surface area contributed by atoms with Crippen LogP contribution in [-0.2, 0) is 11.3 Å². The van der Waals surface area contributed by atoms with Gasteiger partial charge in [0.2, 0.25) is 11.8 Å². The summed E-state index contributed by atoms with van der Waals surface area (Å²) >= 11 is 0. The number of aromatic nitrogens is 2. The molecule has 1 atom stereocenters. The van der Waals surface area contributed by atoms with Crippen LogP contribution in [-0.4, -0.2) is 36.2 Å². The number of non-ortho nitro benzene ring substituents is 1. The molecule has 2 N–H and O–H groups in total. The Hall–Kier alpha value is -4.02. The Kier molecular flexibility index (Phi) is 5.13. The second-order valence-corrected chi connectivity index (χ2v) is 6.34. The number of hydrazone groups is 1. The highest BCUT2D eigenvalue weighted by atomic mass is 16.6. The quantitative estimate of drug-likeness (QED) is 0.435. The molecule has 1 aromatic heterocycles. The maximum absolute atomic E-state index is 12.3. The summed E-state index contributed by atoms with van der Waals surface area (Å²) in [5, 5.41) is 26.6. The summed E-state index contributed by atoms with van der Waals surface area (Å²) in [4.78, 5) is 48.7.